The van der Waals surface area contributed by atoms with Gasteiger partial charge < -0.3 is 20.1 Å². The average molecular weight is 476 g/mol. The third-order valence-electron chi connectivity index (χ3n) is 8.14. The number of hydrogen-bond acceptors (Lipinski definition) is 6. The summed E-state index contributed by atoms with van der Waals surface area (Å²) in [5.74, 6) is -1.29. The molecular weight excluding hydrogens is 446 g/mol. The first-order valence-electron chi connectivity index (χ1n) is 12.1. The molecule has 2 aromatic heterocycles. The van der Waals surface area contributed by atoms with Crippen molar-refractivity contribution in [3.05, 3.63) is 59.5 Å². The van der Waals surface area contributed by atoms with Gasteiger partial charge >= 0.3 is 5.97 Å². The zero-order chi connectivity index (χ0) is 24.4. The van der Waals surface area contributed by atoms with E-state index in [4.69, 9.17) is 4.74 Å². The number of aliphatic carboxylic acids is 1. The van der Waals surface area contributed by atoms with E-state index >= 15 is 0 Å². The number of nitrogens with one attached hydrogen (secondary N) is 1. The standard InChI is InChI=1S/C26H29N5O4/c1-17-12-19(30-11-10-24(2,15-30)18-6-4-3-5-7-18)13-31-21(17)27-20(29-31)22(32)28-25-8-9-26(14-25,23(33)34)35-16-25/h3-7,12-13H,8-11,14-16H2,1-2H3,(H,28,32)(H,33,34)/t24-,25?,26?/m0/s1. The Morgan fingerprint density at radius 1 is 1.17 bits per heavy atom. The van der Waals surface area contributed by atoms with E-state index in [1.165, 1.54) is 5.56 Å². The lowest BCUT2D eigenvalue weighted by Crippen LogP contribution is -2.48. The number of ether oxygens (including phenoxy) is 1. The van der Waals surface area contributed by atoms with Crippen LogP contribution in [0.2, 0.25) is 0 Å². The fourth-order valence-corrected chi connectivity index (χ4v) is 6.03. The van der Waals surface area contributed by atoms with Crippen LogP contribution >= 0.6 is 0 Å². The third-order valence-corrected chi connectivity index (χ3v) is 8.14. The molecule has 3 aliphatic rings. The van der Waals surface area contributed by atoms with Crippen molar-refractivity contribution in [3.63, 3.8) is 0 Å². The highest BCUT2D eigenvalue weighted by Gasteiger charge is 2.60. The summed E-state index contributed by atoms with van der Waals surface area (Å²) in [6, 6.07) is 12.7. The fourth-order valence-electron chi connectivity index (χ4n) is 6.03. The number of rotatable bonds is 5. The SMILES string of the molecule is Cc1cc(N2CC[C@](C)(c3ccccc3)C2)cn2nc(C(=O)NC34CCC(C(=O)O)(C3)OC4)nc12. The highest BCUT2D eigenvalue weighted by Crippen LogP contribution is 2.47. The number of carbonyl (C=O) groups excluding carboxylic acids is 1. The molecule has 3 fully saturated rings. The van der Waals surface area contributed by atoms with Crippen LogP contribution in [0.1, 0.15) is 54.4 Å². The lowest BCUT2D eigenvalue weighted by Gasteiger charge is -2.26. The van der Waals surface area contributed by atoms with Crippen molar-refractivity contribution in [2.45, 2.75) is 56.1 Å². The lowest BCUT2D eigenvalue weighted by atomic mass is 9.82. The summed E-state index contributed by atoms with van der Waals surface area (Å²) in [5, 5.41) is 17.0. The molecule has 6 rings (SSSR count). The summed E-state index contributed by atoms with van der Waals surface area (Å²) in [5.41, 5.74) is 2.18. The van der Waals surface area contributed by atoms with E-state index in [1.807, 2.05) is 19.2 Å². The van der Waals surface area contributed by atoms with Crippen molar-refractivity contribution in [2.24, 2.45) is 0 Å². The first kappa shape index (κ1) is 22.0. The van der Waals surface area contributed by atoms with E-state index in [0.717, 1.165) is 30.8 Å². The van der Waals surface area contributed by atoms with Gasteiger partial charge in [-0.15, -0.1) is 5.10 Å². The molecule has 3 aromatic rings. The van der Waals surface area contributed by atoms with Gasteiger partial charge in [-0.3, -0.25) is 4.79 Å². The molecule has 1 saturated carbocycles. The van der Waals surface area contributed by atoms with E-state index in [2.05, 4.69) is 57.6 Å². The Kier molecular flexibility index (Phi) is 4.73. The summed E-state index contributed by atoms with van der Waals surface area (Å²) in [6.07, 6.45) is 4.22. The Hall–Kier alpha value is -3.46. The molecule has 182 valence electrons. The number of hydrogen-bond donors (Lipinski definition) is 2. The van der Waals surface area contributed by atoms with E-state index in [9.17, 15) is 14.7 Å². The molecule has 0 spiro atoms. The molecule has 2 aliphatic heterocycles. The summed E-state index contributed by atoms with van der Waals surface area (Å²) in [7, 11) is 0. The van der Waals surface area contributed by atoms with E-state index < -0.39 is 23.0 Å². The number of aryl methyl sites for hydroxylation is 1. The zero-order valence-corrected chi connectivity index (χ0v) is 20.0. The number of nitrogens with zero attached hydrogens (tertiary/aromatic N) is 4. The van der Waals surface area contributed by atoms with Crippen molar-refractivity contribution in [2.75, 3.05) is 24.6 Å². The largest absolute Gasteiger partial charge is 0.479 e. The number of pyridine rings is 1. The third kappa shape index (κ3) is 3.48. The molecule has 2 bridgehead atoms. The van der Waals surface area contributed by atoms with Crippen LogP contribution in [-0.2, 0) is 14.9 Å². The van der Waals surface area contributed by atoms with Crippen LogP contribution in [0.25, 0.3) is 5.65 Å². The Morgan fingerprint density at radius 3 is 2.66 bits per heavy atom. The summed E-state index contributed by atoms with van der Waals surface area (Å²) >= 11 is 0. The molecule has 3 atom stereocenters. The van der Waals surface area contributed by atoms with Gasteiger partial charge in [-0.25, -0.2) is 14.3 Å². The quantitative estimate of drug-likeness (QED) is 0.584. The second-order valence-corrected chi connectivity index (χ2v) is 10.7. The van der Waals surface area contributed by atoms with Gasteiger partial charge in [0.25, 0.3) is 5.91 Å². The van der Waals surface area contributed by atoms with Crippen LogP contribution < -0.4 is 10.2 Å². The first-order valence-corrected chi connectivity index (χ1v) is 12.1. The predicted molar refractivity (Wildman–Crippen MR) is 129 cm³/mol. The zero-order valence-electron chi connectivity index (χ0n) is 20.0. The van der Waals surface area contributed by atoms with Crippen molar-refractivity contribution in [3.8, 4) is 0 Å². The smallest absolute Gasteiger partial charge is 0.336 e. The Balaban J connectivity index is 1.23. The van der Waals surface area contributed by atoms with Gasteiger partial charge in [0.15, 0.2) is 11.2 Å². The minimum atomic E-state index is -1.19. The Bertz CT molecular complexity index is 1330. The van der Waals surface area contributed by atoms with Crippen molar-refractivity contribution >= 4 is 23.2 Å². The van der Waals surface area contributed by atoms with Crippen LogP contribution in [-0.4, -0.2) is 62.4 Å². The maximum Gasteiger partial charge on any atom is 0.336 e. The highest BCUT2D eigenvalue weighted by atomic mass is 16.5. The summed E-state index contributed by atoms with van der Waals surface area (Å²) in [4.78, 5) is 31.5. The molecular formula is C26H29N5O4. The second-order valence-electron chi connectivity index (χ2n) is 10.7. The summed E-state index contributed by atoms with van der Waals surface area (Å²) < 4.78 is 7.25. The van der Waals surface area contributed by atoms with Gasteiger partial charge in [0.1, 0.15) is 0 Å². The molecule has 0 radical (unpaired) electrons. The van der Waals surface area contributed by atoms with E-state index in [0.29, 0.717) is 18.5 Å². The van der Waals surface area contributed by atoms with Gasteiger partial charge in [0.05, 0.1) is 24.0 Å². The normalized spacial score (nSPS) is 29.7. The second kappa shape index (κ2) is 7.52. The monoisotopic (exact) mass is 475 g/mol. The van der Waals surface area contributed by atoms with Crippen LogP contribution in [0, 0.1) is 6.92 Å². The van der Waals surface area contributed by atoms with Gasteiger partial charge in [-0.2, -0.15) is 0 Å². The van der Waals surface area contributed by atoms with Gasteiger partial charge in [0, 0.05) is 24.9 Å². The molecule has 2 unspecified atom stereocenters. The maximum atomic E-state index is 13.1. The molecule has 2 saturated heterocycles. The topological polar surface area (TPSA) is 109 Å². The van der Waals surface area contributed by atoms with Crippen LogP contribution in [0.4, 0.5) is 5.69 Å². The molecule has 2 N–H and O–H groups in total. The fraction of sp³-hybridized carbons (Fsp3) is 0.462. The molecule has 1 aromatic carbocycles. The maximum absolute atomic E-state index is 13.1. The van der Waals surface area contributed by atoms with Crippen LogP contribution in [0.5, 0.6) is 0 Å². The van der Waals surface area contributed by atoms with Crippen molar-refractivity contribution < 1.29 is 19.4 Å². The number of amides is 1. The van der Waals surface area contributed by atoms with Crippen LogP contribution in [0.15, 0.2) is 42.6 Å². The van der Waals surface area contributed by atoms with E-state index in [1.54, 1.807) is 4.52 Å². The number of carboxylic acids is 1. The number of benzene rings is 1. The van der Waals surface area contributed by atoms with Gasteiger partial charge in [-0.05, 0) is 43.4 Å². The van der Waals surface area contributed by atoms with Crippen molar-refractivity contribution in [1.29, 1.82) is 0 Å². The minimum Gasteiger partial charge on any atom is -0.479 e. The highest BCUT2D eigenvalue weighted by molar-refractivity contribution is 5.92. The molecule has 4 heterocycles. The molecule has 9 heteroatoms. The molecule has 9 nitrogen and oxygen atoms in total. The first-order chi connectivity index (χ1) is 16.7. The average Bonchev–Trinajstić information content (AvgIpc) is 3.61. The minimum absolute atomic E-state index is 0.0760. The van der Waals surface area contributed by atoms with Gasteiger partial charge in [-0.1, -0.05) is 37.3 Å². The van der Waals surface area contributed by atoms with Gasteiger partial charge in [0.2, 0.25) is 5.82 Å². The number of fused-ring (bicyclic) bond motifs is 3. The number of carboxylic acid groups (broad SMARTS) is 1. The van der Waals surface area contributed by atoms with E-state index in [-0.39, 0.29) is 24.3 Å². The number of anilines is 1. The molecule has 35 heavy (non-hydrogen) atoms. The predicted octanol–water partition coefficient (Wildman–Crippen LogP) is 2.71. The van der Waals surface area contributed by atoms with Crippen molar-refractivity contribution in [1.82, 2.24) is 19.9 Å². The molecule has 1 amide bonds. The number of carbonyl (C=O) groups is 2. The Morgan fingerprint density at radius 2 is 1.97 bits per heavy atom. The Labute approximate surface area is 203 Å². The number of aromatic nitrogens is 3. The lowest BCUT2D eigenvalue weighted by molar-refractivity contribution is -0.161. The van der Waals surface area contributed by atoms with Crippen LogP contribution in [0.3, 0.4) is 0 Å². The molecule has 1 aliphatic carbocycles. The summed E-state index contributed by atoms with van der Waals surface area (Å²) in [6.45, 7) is 6.31.